The van der Waals surface area contributed by atoms with Gasteiger partial charge in [0.15, 0.2) is 6.04 Å². The Kier molecular flexibility index (Phi) is 10.1. The van der Waals surface area contributed by atoms with E-state index in [0.717, 1.165) is 37.8 Å². The molecule has 3 aromatic carbocycles. The first-order chi connectivity index (χ1) is 22.8. The molecule has 8 nitrogen and oxygen atoms in total. The Hall–Kier alpha value is -5.25. The number of pyridine rings is 1. The van der Waals surface area contributed by atoms with Crippen LogP contribution in [0.15, 0.2) is 96.3 Å². The van der Waals surface area contributed by atoms with E-state index in [0.29, 0.717) is 22.4 Å². The van der Waals surface area contributed by atoms with Crippen LogP contribution in [0.5, 0.6) is 0 Å². The zero-order valence-corrected chi connectivity index (χ0v) is 27.2. The van der Waals surface area contributed by atoms with E-state index in [2.05, 4.69) is 6.58 Å². The summed E-state index contributed by atoms with van der Waals surface area (Å²) in [5, 5.41) is 0. The fourth-order valence-corrected chi connectivity index (χ4v) is 5.80. The molecule has 1 saturated carbocycles. The van der Waals surface area contributed by atoms with Gasteiger partial charge in [0.25, 0.3) is 5.56 Å². The summed E-state index contributed by atoms with van der Waals surface area (Å²) in [7, 11) is 0. The molecule has 1 aliphatic carbocycles. The highest BCUT2D eigenvalue weighted by atomic mass is 19.1. The molecule has 5 rings (SSSR count). The van der Waals surface area contributed by atoms with Gasteiger partial charge in [0.1, 0.15) is 29.2 Å². The highest BCUT2D eigenvalue weighted by Gasteiger charge is 2.37. The molecule has 48 heavy (non-hydrogen) atoms. The van der Waals surface area contributed by atoms with Crippen LogP contribution in [-0.4, -0.2) is 33.2 Å². The zero-order chi connectivity index (χ0) is 34.6. The second kappa shape index (κ2) is 14.3. The number of anilines is 1. The first-order valence-corrected chi connectivity index (χ1v) is 15.8. The van der Waals surface area contributed by atoms with Gasteiger partial charge in [0.2, 0.25) is 0 Å². The number of nitrogens with two attached hydrogens (primary N) is 1. The minimum absolute atomic E-state index is 0.0122. The molecule has 1 aromatic heterocycles. The van der Waals surface area contributed by atoms with Crippen molar-refractivity contribution < 1.29 is 27.8 Å². The Morgan fingerprint density at radius 1 is 0.958 bits per heavy atom. The maximum absolute atomic E-state index is 14.6. The first-order valence-electron chi connectivity index (χ1n) is 15.8. The number of nitrogen functional groups attached to an aromatic ring is 1. The standard InChI is InChI=1S/C38H39F2N3O5/c1-24(30-19-16-27(39)22-32(30)40)31-20-21-33(44)43(35(31)41)28-17-14-25(15-18-28)23-42(37(46)48-38(2,3)4)34(26-10-6-5-7-11-26)36(45)47-29-12-8-9-13-29/h5-7,10-11,14-22,29,34H,1,8-9,12-13,23,41H2,2-4H3/t34-/m0/s1. The molecule has 0 unspecified atom stereocenters. The summed E-state index contributed by atoms with van der Waals surface area (Å²) in [5.41, 5.74) is 7.32. The molecule has 4 aromatic rings. The van der Waals surface area contributed by atoms with Crippen LogP contribution in [0, 0.1) is 11.6 Å². The van der Waals surface area contributed by atoms with E-state index in [9.17, 15) is 23.2 Å². The minimum atomic E-state index is -1.07. The second-order valence-electron chi connectivity index (χ2n) is 12.8. The highest BCUT2D eigenvalue weighted by Crippen LogP contribution is 2.32. The molecule has 2 N–H and O–H groups in total. The average molecular weight is 656 g/mol. The average Bonchev–Trinajstić information content (AvgIpc) is 3.54. The van der Waals surface area contributed by atoms with Crippen molar-refractivity contribution in [2.45, 2.75) is 70.7 Å². The SMILES string of the molecule is C=C(c1ccc(F)cc1F)c1ccc(=O)n(-c2ccc(CN(C(=O)OC(C)(C)C)[C@H](C(=O)OC3CCCC3)c3ccccc3)cc2)c1N. The van der Waals surface area contributed by atoms with Crippen molar-refractivity contribution in [2.75, 3.05) is 5.73 Å². The minimum Gasteiger partial charge on any atom is -0.461 e. The smallest absolute Gasteiger partial charge is 0.411 e. The summed E-state index contributed by atoms with van der Waals surface area (Å²) in [4.78, 5) is 41.9. The van der Waals surface area contributed by atoms with E-state index in [4.69, 9.17) is 15.2 Å². The van der Waals surface area contributed by atoms with Crippen LogP contribution in [0.25, 0.3) is 11.3 Å². The molecule has 0 bridgehead atoms. The molecule has 1 amide bonds. The summed E-state index contributed by atoms with van der Waals surface area (Å²) in [6.45, 7) is 9.18. The van der Waals surface area contributed by atoms with Gasteiger partial charge < -0.3 is 15.2 Å². The third-order valence-corrected chi connectivity index (χ3v) is 8.12. The van der Waals surface area contributed by atoms with Gasteiger partial charge in [-0.15, -0.1) is 0 Å². The molecule has 1 fully saturated rings. The number of esters is 1. The van der Waals surface area contributed by atoms with Crippen LogP contribution < -0.4 is 11.3 Å². The Morgan fingerprint density at radius 2 is 1.60 bits per heavy atom. The number of amides is 1. The number of halogens is 2. The van der Waals surface area contributed by atoms with E-state index < -0.39 is 40.9 Å². The van der Waals surface area contributed by atoms with Crippen molar-refractivity contribution in [3.05, 3.63) is 136 Å². The van der Waals surface area contributed by atoms with Crippen LogP contribution >= 0.6 is 0 Å². The first kappa shape index (κ1) is 34.1. The van der Waals surface area contributed by atoms with Gasteiger partial charge in [-0.05, 0) is 93.5 Å². The maximum atomic E-state index is 14.6. The lowest BCUT2D eigenvalue weighted by Gasteiger charge is -2.33. The van der Waals surface area contributed by atoms with Crippen LogP contribution in [0.3, 0.4) is 0 Å². The van der Waals surface area contributed by atoms with Crippen molar-refractivity contribution in [1.82, 2.24) is 9.47 Å². The fraction of sp³-hybridized carbons (Fsp3) is 0.289. The van der Waals surface area contributed by atoms with Crippen LogP contribution in [0.2, 0.25) is 0 Å². The molecule has 250 valence electrons. The fourth-order valence-electron chi connectivity index (χ4n) is 5.80. The zero-order valence-electron chi connectivity index (χ0n) is 27.2. The number of aromatic nitrogens is 1. The van der Waals surface area contributed by atoms with Crippen LogP contribution in [0.1, 0.15) is 74.8 Å². The highest BCUT2D eigenvalue weighted by molar-refractivity contribution is 5.84. The van der Waals surface area contributed by atoms with Gasteiger partial charge in [-0.25, -0.2) is 18.4 Å². The topological polar surface area (TPSA) is 104 Å². The molecule has 0 radical (unpaired) electrons. The summed E-state index contributed by atoms with van der Waals surface area (Å²) < 4.78 is 41.0. The summed E-state index contributed by atoms with van der Waals surface area (Å²) in [5.74, 6) is -2.06. The largest absolute Gasteiger partial charge is 0.461 e. The third kappa shape index (κ3) is 7.82. The number of benzene rings is 3. The summed E-state index contributed by atoms with van der Waals surface area (Å²) >= 11 is 0. The van der Waals surface area contributed by atoms with Crippen molar-refractivity contribution in [3.8, 4) is 5.69 Å². The van der Waals surface area contributed by atoms with Gasteiger partial charge >= 0.3 is 12.1 Å². The quantitative estimate of drug-likeness (QED) is 0.185. The number of ether oxygens (including phenoxy) is 2. The van der Waals surface area contributed by atoms with E-state index in [-0.39, 0.29) is 29.6 Å². The number of rotatable bonds is 9. The van der Waals surface area contributed by atoms with Gasteiger partial charge in [0.05, 0.1) is 12.2 Å². The lowest BCUT2D eigenvalue weighted by atomic mass is 9.99. The van der Waals surface area contributed by atoms with Gasteiger partial charge in [-0.1, -0.05) is 49.0 Å². The Balaban J connectivity index is 1.48. The summed E-state index contributed by atoms with van der Waals surface area (Å²) in [6.07, 6.45) is 2.60. The Labute approximate surface area is 278 Å². The number of hydrogen-bond acceptors (Lipinski definition) is 6. The Morgan fingerprint density at radius 3 is 2.23 bits per heavy atom. The van der Waals surface area contributed by atoms with E-state index in [1.165, 1.54) is 27.7 Å². The number of hydrogen-bond donors (Lipinski definition) is 1. The Bertz CT molecular complexity index is 1860. The molecule has 0 saturated heterocycles. The normalized spacial score (nSPS) is 13.9. The third-order valence-electron chi connectivity index (χ3n) is 8.12. The predicted octanol–water partition coefficient (Wildman–Crippen LogP) is 7.72. The van der Waals surface area contributed by atoms with Crippen molar-refractivity contribution in [1.29, 1.82) is 0 Å². The summed E-state index contributed by atoms with van der Waals surface area (Å²) in [6, 6.07) is 20.5. The van der Waals surface area contributed by atoms with Crippen molar-refractivity contribution in [3.63, 3.8) is 0 Å². The van der Waals surface area contributed by atoms with Gasteiger partial charge in [0, 0.05) is 23.3 Å². The van der Waals surface area contributed by atoms with E-state index >= 15 is 0 Å². The molecule has 0 spiro atoms. The van der Waals surface area contributed by atoms with Crippen molar-refractivity contribution in [2.24, 2.45) is 0 Å². The van der Waals surface area contributed by atoms with Crippen LogP contribution in [0.4, 0.5) is 19.4 Å². The number of carbonyl (C=O) groups is 2. The molecule has 1 atom stereocenters. The number of nitrogens with zero attached hydrogens (tertiary/aromatic N) is 2. The lowest BCUT2D eigenvalue weighted by Crippen LogP contribution is -2.43. The molecular weight excluding hydrogens is 616 g/mol. The van der Waals surface area contributed by atoms with E-state index in [1.54, 1.807) is 69.3 Å². The molecule has 10 heteroatoms. The molecule has 0 aliphatic heterocycles. The molecule has 1 heterocycles. The van der Waals surface area contributed by atoms with Crippen molar-refractivity contribution >= 4 is 23.5 Å². The number of carbonyl (C=O) groups excluding carboxylic acids is 2. The maximum Gasteiger partial charge on any atom is 0.411 e. The van der Waals surface area contributed by atoms with Gasteiger partial charge in [-0.2, -0.15) is 0 Å². The van der Waals surface area contributed by atoms with Crippen LogP contribution in [-0.2, 0) is 20.8 Å². The molecular formula is C38H39F2N3O5. The molecule has 1 aliphatic rings. The monoisotopic (exact) mass is 655 g/mol. The predicted molar refractivity (Wildman–Crippen MR) is 180 cm³/mol. The lowest BCUT2D eigenvalue weighted by molar-refractivity contribution is -0.155. The van der Waals surface area contributed by atoms with E-state index in [1.807, 2.05) is 6.07 Å². The van der Waals surface area contributed by atoms with Gasteiger partial charge in [-0.3, -0.25) is 14.3 Å². The second-order valence-corrected chi connectivity index (χ2v) is 12.8.